The molecular formula is C21H25ClZr. The molecule has 0 fully saturated rings. The molecule has 0 aliphatic heterocycles. The Bertz CT molecular complexity index is 494. The van der Waals surface area contributed by atoms with Crippen molar-refractivity contribution < 1.29 is 26.2 Å². The fourth-order valence-electron chi connectivity index (χ4n) is 1.95. The van der Waals surface area contributed by atoms with Gasteiger partial charge in [-0.15, -0.1) is 24.4 Å². The number of benzene rings is 1. The van der Waals surface area contributed by atoms with Gasteiger partial charge in [-0.1, -0.05) is 57.0 Å². The Kier molecular flexibility index (Phi) is 14.5. The number of alkyl halides is 1. The van der Waals surface area contributed by atoms with E-state index in [1.807, 2.05) is 30.3 Å². The topological polar surface area (TPSA) is 0 Å². The summed E-state index contributed by atoms with van der Waals surface area (Å²) in [7, 11) is 0. The Morgan fingerprint density at radius 1 is 0.870 bits per heavy atom. The Labute approximate surface area is 166 Å². The monoisotopic (exact) mass is 402 g/mol. The molecule has 0 amide bonds. The third-order valence-electron chi connectivity index (χ3n) is 3.29. The maximum absolute atomic E-state index is 5.53. The van der Waals surface area contributed by atoms with Crippen molar-refractivity contribution >= 4 is 11.6 Å². The average Bonchev–Trinajstić information content (AvgIpc) is 3.29. The van der Waals surface area contributed by atoms with Crippen LogP contribution in [-0.4, -0.2) is 0 Å². The minimum absolute atomic E-state index is 0. The van der Waals surface area contributed by atoms with Crippen LogP contribution < -0.4 is 0 Å². The summed E-state index contributed by atoms with van der Waals surface area (Å²) in [5, 5.41) is 0. The summed E-state index contributed by atoms with van der Waals surface area (Å²) < 4.78 is 0. The van der Waals surface area contributed by atoms with Crippen molar-refractivity contribution in [2.45, 2.75) is 45.4 Å². The van der Waals surface area contributed by atoms with Crippen LogP contribution in [0.15, 0.2) is 65.8 Å². The van der Waals surface area contributed by atoms with Gasteiger partial charge in [-0.3, -0.25) is 12.2 Å². The SMILES string of the molecule is CCC1=[C-]CC=C1.CCC1=[C-]CC=C1.ClCc1ccccc1.[Zr+2]. The first-order valence-corrected chi connectivity index (χ1v) is 8.45. The van der Waals surface area contributed by atoms with Crippen LogP contribution in [0.25, 0.3) is 0 Å². The molecule has 0 atom stereocenters. The van der Waals surface area contributed by atoms with Gasteiger partial charge in [0.25, 0.3) is 0 Å². The van der Waals surface area contributed by atoms with E-state index < -0.39 is 0 Å². The fraction of sp³-hybridized carbons (Fsp3) is 0.333. The van der Waals surface area contributed by atoms with Gasteiger partial charge in [0.2, 0.25) is 0 Å². The molecule has 2 aliphatic rings. The van der Waals surface area contributed by atoms with Crippen LogP contribution in [0.2, 0.25) is 0 Å². The predicted molar refractivity (Wildman–Crippen MR) is 97.6 cm³/mol. The molecule has 0 N–H and O–H groups in total. The molecule has 2 aliphatic carbocycles. The molecule has 0 radical (unpaired) electrons. The molecule has 1 aromatic carbocycles. The maximum Gasteiger partial charge on any atom is 2.00 e. The average molecular weight is 404 g/mol. The van der Waals surface area contributed by atoms with Gasteiger partial charge in [0.1, 0.15) is 0 Å². The molecule has 0 bridgehead atoms. The number of rotatable bonds is 3. The van der Waals surface area contributed by atoms with E-state index in [1.54, 1.807) is 0 Å². The van der Waals surface area contributed by atoms with E-state index >= 15 is 0 Å². The molecule has 0 spiro atoms. The maximum atomic E-state index is 5.53. The van der Waals surface area contributed by atoms with Gasteiger partial charge in [0.05, 0.1) is 0 Å². The van der Waals surface area contributed by atoms with Crippen LogP contribution in [0, 0.1) is 12.2 Å². The summed E-state index contributed by atoms with van der Waals surface area (Å²) >= 11 is 5.53. The van der Waals surface area contributed by atoms with Crippen molar-refractivity contribution in [3.63, 3.8) is 0 Å². The van der Waals surface area contributed by atoms with Crippen LogP contribution in [0.5, 0.6) is 0 Å². The van der Waals surface area contributed by atoms with E-state index in [-0.39, 0.29) is 26.2 Å². The minimum Gasteiger partial charge on any atom is -0.270 e. The van der Waals surface area contributed by atoms with Crippen LogP contribution in [0.4, 0.5) is 0 Å². The van der Waals surface area contributed by atoms with Gasteiger partial charge in [0.15, 0.2) is 0 Å². The second kappa shape index (κ2) is 14.9. The van der Waals surface area contributed by atoms with Crippen molar-refractivity contribution in [1.82, 2.24) is 0 Å². The second-order valence-electron chi connectivity index (χ2n) is 4.94. The smallest absolute Gasteiger partial charge is 0.270 e. The van der Waals surface area contributed by atoms with Crippen molar-refractivity contribution in [3.8, 4) is 0 Å². The fourth-order valence-corrected chi connectivity index (χ4v) is 2.13. The molecule has 3 rings (SSSR count). The van der Waals surface area contributed by atoms with Gasteiger partial charge < -0.3 is 0 Å². The van der Waals surface area contributed by atoms with E-state index in [1.165, 1.54) is 16.7 Å². The molecule has 23 heavy (non-hydrogen) atoms. The third-order valence-corrected chi connectivity index (χ3v) is 3.60. The summed E-state index contributed by atoms with van der Waals surface area (Å²) in [4.78, 5) is 0. The Morgan fingerprint density at radius 2 is 1.35 bits per heavy atom. The van der Waals surface area contributed by atoms with E-state index in [9.17, 15) is 0 Å². The van der Waals surface area contributed by atoms with Crippen molar-refractivity contribution in [2.24, 2.45) is 0 Å². The predicted octanol–water partition coefficient (Wildman–Crippen LogP) is 6.59. The Hall–Kier alpha value is -0.647. The molecule has 0 saturated heterocycles. The van der Waals surface area contributed by atoms with Gasteiger partial charge in [0, 0.05) is 5.88 Å². The minimum atomic E-state index is 0. The second-order valence-corrected chi connectivity index (χ2v) is 5.21. The number of halogens is 1. The zero-order chi connectivity index (χ0) is 16.0. The summed E-state index contributed by atoms with van der Waals surface area (Å²) in [5.41, 5.74) is 3.90. The molecule has 0 heterocycles. The Morgan fingerprint density at radius 3 is 1.57 bits per heavy atom. The summed E-state index contributed by atoms with van der Waals surface area (Å²) in [6.07, 6.45) is 19.3. The van der Waals surface area contributed by atoms with Crippen LogP contribution in [-0.2, 0) is 32.1 Å². The molecule has 0 nitrogen and oxygen atoms in total. The summed E-state index contributed by atoms with van der Waals surface area (Å²) in [6.45, 7) is 4.30. The van der Waals surface area contributed by atoms with E-state index in [4.69, 9.17) is 11.6 Å². The summed E-state index contributed by atoms with van der Waals surface area (Å²) in [5.74, 6) is 0.612. The van der Waals surface area contributed by atoms with Gasteiger partial charge in [-0.2, -0.15) is 12.2 Å². The number of allylic oxidation sites excluding steroid dienone is 8. The molecule has 0 saturated carbocycles. The van der Waals surface area contributed by atoms with Crippen molar-refractivity contribution in [1.29, 1.82) is 0 Å². The first-order chi connectivity index (χ1) is 10.8. The van der Waals surface area contributed by atoms with E-state index in [0.717, 1.165) is 25.7 Å². The standard InChI is InChI=1S/C7H7Cl.2C7H9.Zr/c8-6-7-4-2-1-3-5-7;2*1-2-7-5-3-4-6-7;/h1-5H,6H2;2*3,5H,2,4H2,1H3;/q;2*-1;+2. The zero-order valence-corrected chi connectivity index (χ0v) is 17.3. The summed E-state index contributed by atoms with van der Waals surface area (Å²) in [6, 6.07) is 9.96. The number of hydrogen-bond donors (Lipinski definition) is 0. The van der Waals surface area contributed by atoms with E-state index in [2.05, 4.69) is 50.3 Å². The zero-order valence-electron chi connectivity index (χ0n) is 14.1. The van der Waals surface area contributed by atoms with Gasteiger partial charge >= 0.3 is 26.2 Å². The van der Waals surface area contributed by atoms with Crippen LogP contribution in [0.1, 0.15) is 45.1 Å². The third kappa shape index (κ3) is 10.7. The largest absolute Gasteiger partial charge is 2.00 e. The van der Waals surface area contributed by atoms with Gasteiger partial charge in [-0.25, -0.2) is 23.3 Å². The van der Waals surface area contributed by atoms with Crippen molar-refractivity contribution in [3.05, 3.63) is 83.5 Å². The quantitative estimate of drug-likeness (QED) is 0.394. The molecule has 1 aromatic rings. The van der Waals surface area contributed by atoms with Crippen LogP contribution in [0.3, 0.4) is 0 Å². The normalized spacial score (nSPS) is 13.9. The van der Waals surface area contributed by atoms with Crippen LogP contribution >= 0.6 is 11.6 Å². The molecule has 2 heteroatoms. The first kappa shape index (κ1) is 22.4. The van der Waals surface area contributed by atoms with Crippen molar-refractivity contribution in [2.75, 3.05) is 0 Å². The first-order valence-electron chi connectivity index (χ1n) is 7.92. The van der Waals surface area contributed by atoms with E-state index in [0.29, 0.717) is 5.88 Å². The molecular weight excluding hydrogens is 379 g/mol. The molecule has 0 aromatic heterocycles. The van der Waals surface area contributed by atoms with Gasteiger partial charge in [-0.05, 0) is 5.56 Å². The molecule has 0 unspecified atom stereocenters. The molecule has 120 valence electrons. The Balaban J connectivity index is 0.000000310. The number of hydrogen-bond acceptors (Lipinski definition) is 0.